The number of benzene rings is 1. The Morgan fingerprint density at radius 1 is 1.38 bits per heavy atom. The maximum atomic E-state index is 10.2. The lowest BCUT2D eigenvalue weighted by Gasteiger charge is -2.12. The van der Waals surface area contributed by atoms with Crippen LogP contribution in [0.4, 0.5) is 0 Å². The molecule has 16 heavy (non-hydrogen) atoms. The van der Waals surface area contributed by atoms with Gasteiger partial charge in [-0.3, -0.25) is 0 Å². The average Bonchev–Trinajstić information content (AvgIpc) is 2.68. The highest BCUT2D eigenvalue weighted by atomic mass is 79.9. The molecule has 1 heterocycles. The summed E-state index contributed by atoms with van der Waals surface area (Å²) in [4.78, 5) is 0. The molecule has 2 aromatic rings. The molecule has 0 radical (unpaired) electrons. The summed E-state index contributed by atoms with van der Waals surface area (Å²) in [6, 6.07) is 7.28. The monoisotopic (exact) mass is 300 g/mol. The molecule has 0 fully saturated rings. The number of aliphatic hydroxyl groups excluding tert-OH is 1. The second-order valence-corrected chi connectivity index (χ2v) is 4.75. The van der Waals surface area contributed by atoms with Gasteiger partial charge in [0.05, 0.1) is 10.7 Å². The van der Waals surface area contributed by atoms with Crippen LogP contribution in [0, 0.1) is 6.92 Å². The molecule has 0 spiro atoms. The van der Waals surface area contributed by atoms with E-state index in [1.54, 1.807) is 12.1 Å². The molecule has 0 aliphatic rings. The number of aryl methyl sites for hydroxylation is 1. The summed E-state index contributed by atoms with van der Waals surface area (Å²) in [5, 5.41) is 10.7. The molecular formula is C12H10BrClO2. The SMILES string of the molecule is Cc1cccc(C(O)c2occc2Br)c1Cl. The van der Waals surface area contributed by atoms with Crippen molar-refractivity contribution >= 4 is 27.5 Å². The van der Waals surface area contributed by atoms with Crippen LogP contribution in [0.5, 0.6) is 0 Å². The van der Waals surface area contributed by atoms with E-state index in [0.29, 0.717) is 16.3 Å². The van der Waals surface area contributed by atoms with Gasteiger partial charge in [-0.05, 0) is 34.5 Å². The smallest absolute Gasteiger partial charge is 0.151 e. The lowest BCUT2D eigenvalue weighted by molar-refractivity contribution is 0.188. The highest BCUT2D eigenvalue weighted by molar-refractivity contribution is 9.10. The predicted octanol–water partition coefficient (Wildman–Crippen LogP) is 4.09. The highest BCUT2D eigenvalue weighted by Crippen LogP contribution is 2.34. The van der Waals surface area contributed by atoms with Crippen molar-refractivity contribution in [1.82, 2.24) is 0 Å². The van der Waals surface area contributed by atoms with Gasteiger partial charge in [-0.25, -0.2) is 0 Å². The Labute approximate surface area is 107 Å². The molecule has 2 rings (SSSR count). The van der Waals surface area contributed by atoms with E-state index >= 15 is 0 Å². The van der Waals surface area contributed by atoms with Crippen molar-refractivity contribution in [2.24, 2.45) is 0 Å². The minimum absolute atomic E-state index is 0.465. The molecule has 0 amide bonds. The molecule has 4 heteroatoms. The lowest BCUT2D eigenvalue weighted by Crippen LogP contribution is -2.00. The van der Waals surface area contributed by atoms with E-state index in [9.17, 15) is 5.11 Å². The molecule has 0 bridgehead atoms. The van der Waals surface area contributed by atoms with Crippen molar-refractivity contribution in [3.05, 3.63) is 56.9 Å². The molecule has 84 valence electrons. The molecule has 0 saturated heterocycles. The van der Waals surface area contributed by atoms with E-state index < -0.39 is 6.10 Å². The van der Waals surface area contributed by atoms with E-state index in [2.05, 4.69) is 15.9 Å². The number of aliphatic hydroxyl groups is 1. The van der Waals surface area contributed by atoms with Gasteiger partial charge in [-0.1, -0.05) is 29.8 Å². The Morgan fingerprint density at radius 3 is 2.75 bits per heavy atom. The summed E-state index contributed by atoms with van der Waals surface area (Å²) in [5.74, 6) is 0.465. The van der Waals surface area contributed by atoms with Gasteiger partial charge >= 0.3 is 0 Å². The second-order valence-electron chi connectivity index (χ2n) is 3.51. The zero-order valence-electron chi connectivity index (χ0n) is 8.58. The first-order valence-electron chi connectivity index (χ1n) is 4.77. The Hall–Kier alpha value is -0.770. The summed E-state index contributed by atoms with van der Waals surface area (Å²) < 4.78 is 5.95. The number of rotatable bonds is 2. The third-order valence-corrected chi connectivity index (χ3v) is 3.58. The first-order chi connectivity index (χ1) is 7.61. The summed E-state index contributed by atoms with van der Waals surface area (Å²) in [7, 11) is 0. The fraction of sp³-hybridized carbons (Fsp3) is 0.167. The summed E-state index contributed by atoms with van der Waals surface area (Å²) in [6.45, 7) is 1.90. The molecule has 1 N–H and O–H groups in total. The molecule has 1 atom stereocenters. The first kappa shape index (κ1) is 11.7. The van der Waals surface area contributed by atoms with E-state index in [4.69, 9.17) is 16.0 Å². The van der Waals surface area contributed by atoms with Crippen LogP contribution < -0.4 is 0 Å². The molecule has 0 aliphatic carbocycles. The highest BCUT2D eigenvalue weighted by Gasteiger charge is 2.20. The summed E-state index contributed by atoms with van der Waals surface area (Å²) in [6.07, 6.45) is 0.670. The molecule has 1 unspecified atom stereocenters. The maximum absolute atomic E-state index is 10.2. The third kappa shape index (κ3) is 2.03. The average molecular weight is 302 g/mol. The maximum Gasteiger partial charge on any atom is 0.151 e. The number of hydrogen-bond acceptors (Lipinski definition) is 2. The zero-order valence-corrected chi connectivity index (χ0v) is 10.9. The minimum Gasteiger partial charge on any atom is -0.465 e. The van der Waals surface area contributed by atoms with Crippen LogP contribution in [0.3, 0.4) is 0 Å². The van der Waals surface area contributed by atoms with Crippen LogP contribution in [-0.2, 0) is 0 Å². The largest absolute Gasteiger partial charge is 0.465 e. The Balaban J connectivity index is 2.46. The second kappa shape index (κ2) is 4.62. The fourth-order valence-electron chi connectivity index (χ4n) is 1.52. The molecule has 2 nitrogen and oxygen atoms in total. The Kier molecular flexibility index (Phi) is 3.38. The molecule has 1 aromatic carbocycles. The van der Waals surface area contributed by atoms with Gasteiger partial charge in [0.15, 0.2) is 5.76 Å². The molecule has 0 aliphatic heterocycles. The molecule has 0 saturated carbocycles. The summed E-state index contributed by atoms with van der Waals surface area (Å²) >= 11 is 9.45. The summed E-state index contributed by atoms with van der Waals surface area (Å²) in [5.41, 5.74) is 1.58. The van der Waals surface area contributed by atoms with Crippen molar-refractivity contribution in [3.63, 3.8) is 0 Å². The van der Waals surface area contributed by atoms with E-state index in [1.807, 2.05) is 19.1 Å². The van der Waals surface area contributed by atoms with Gasteiger partial charge in [0, 0.05) is 10.6 Å². The third-order valence-electron chi connectivity index (χ3n) is 2.41. The van der Waals surface area contributed by atoms with Gasteiger partial charge in [-0.2, -0.15) is 0 Å². The molecular weight excluding hydrogens is 291 g/mol. The van der Waals surface area contributed by atoms with Crippen LogP contribution in [-0.4, -0.2) is 5.11 Å². The zero-order chi connectivity index (χ0) is 11.7. The van der Waals surface area contributed by atoms with Crippen LogP contribution in [0.15, 0.2) is 39.4 Å². The fourth-order valence-corrected chi connectivity index (χ4v) is 2.17. The van der Waals surface area contributed by atoms with E-state index in [1.165, 1.54) is 6.26 Å². The van der Waals surface area contributed by atoms with Gasteiger partial charge < -0.3 is 9.52 Å². The van der Waals surface area contributed by atoms with Crippen molar-refractivity contribution in [3.8, 4) is 0 Å². The van der Waals surface area contributed by atoms with Gasteiger partial charge in [0.1, 0.15) is 6.10 Å². The lowest BCUT2D eigenvalue weighted by atomic mass is 10.0. The predicted molar refractivity (Wildman–Crippen MR) is 66.7 cm³/mol. The first-order valence-corrected chi connectivity index (χ1v) is 5.94. The normalized spacial score (nSPS) is 12.8. The van der Waals surface area contributed by atoms with Gasteiger partial charge in [0.2, 0.25) is 0 Å². The molecule has 1 aromatic heterocycles. The van der Waals surface area contributed by atoms with Crippen LogP contribution in [0.1, 0.15) is 23.0 Å². The Morgan fingerprint density at radius 2 is 2.12 bits per heavy atom. The van der Waals surface area contributed by atoms with Gasteiger partial charge in [-0.15, -0.1) is 0 Å². The van der Waals surface area contributed by atoms with E-state index in [-0.39, 0.29) is 0 Å². The number of halogens is 2. The van der Waals surface area contributed by atoms with Crippen molar-refractivity contribution in [2.75, 3.05) is 0 Å². The quantitative estimate of drug-likeness (QED) is 0.906. The van der Waals surface area contributed by atoms with Crippen molar-refractivity contribution in [2.45, 2.75) is 13.0 Å². The Bertz CT molecular complexity index is 507. The van der Waals surface area contributed by atoms with Crippen molar-refractivity contribution < 1.29 is 9.52 Å². The minimum atomic E-state index is -0.850. The van der Waals surface area contributed by atoms with Crippen LogP contribution in [0.2, 0.25) is 5.02 Å². The van der Waals surface area contributed by atoms with Crippen LogP contribution in [0.25, 0.3) is 0 Å². The van der Waals surface area contributed by atoms with Gasteiger partial charge in [0.25, 0.3) is 0 Å². The van der Waals surface area contributed by atoms with E-state index in [0.717, 1.165) is 10.0 Å². The number of hydrogen-bond donors (Lipinski definition) is 1. The number of furan rings is 1. The van der Waals surface area contributed by atoms with Crippen LogP contribution >= 0.6 is 27.5 Å². The standard InChI is InChI=1S/C12H10BrClO2/c1-7-3-2-4-8(10(7)14)11(15)12-9(13)5-6-16-12/h2-6,11,15H,1H3. The van der Waals surface area contributed by atoms with Crippen molar-refractivity contribution in [1.29, 1.82) is 0 Å². The topological polar surface area (TPSA) is 33.4 Å².